The van der Waals surface area contributed by atoms with Gasteiger partial charge >= 0.3 is 0 Å². The summed E-state index contributed by atoms with van der Waals surface area (Å²) in [4.78, 5) is 7.16. The van der Waals surface area contributed by atoms with Gasteiger partial charge in [0.05, 0.1) is 17.3 Å². The number of thiazole rings is 1. The number of fused-ring (bicyclic) bond motifs is 1. The SMILES string of the molecule is COc1ccc2nc(N3C[C@@H](C)NC[C@@H]3C)sc2c1. The third-order valence-electron chi connectivity index (χ3n) is 3.59. The Bertz CT molecular complexity index is 583. The highest BCUT2D eigenvalue weighted by Gasteiger charge is 2.24. The molecule has 1 saturated heterocycles. The number of anilines is 1. The molecule has 1 aliphatic heterocycles. The van der Waals surface area contributed by atoms with E-state index in [9.17, 15) is 0 Å². The molecule has 0 saturated carbocycles. The lowest BCUT2D eigenvalue weighted by molar-refractivity contribution is 0.415. The zero-order chi connectivity index (χ0) is 13.4. The molecule has 4 nitrogen and oxygen atoms in total. The van der Waals surface area contributed by atoms with Crippen molar-refractivity contribution in [3.05, 3.63) is 18.2 Å². The van der Waals surface area contributed by atoms with Gasteiger partial charge in [-0.25, -0.2) is 4.98 Å². The molecule has 2 atom stereocenters. The Hall–Kier alpha value is -1.33. The van der Waals surface area contributed by atoms with E-state index in [-0.39, 0.29) is 0 Å². The van der Waals surface area contributed by atoms with Crippen molar-refractivity contribution < 1.29 is 4.74 Å². The summed E-state index contributed by atoms with van der Waals surface area (Å²) in [6, 6.07) is 7.06. The molecule has 5 heteroatoms. The molecule has 0 unspecified atom stereocenters. The standard InChI is InChI=1S/C14H19N3OS/c1-9-8-17(10(2)7-15-9)14-16-12-5-4-11(18-3)6-13(12)19-14/h4-6,9-10,15H,7-8H2,1-3H3/t9-,10+/m1/s1. The van der Waals surface area contributed by atoms with Gasteiger partial charge in [-0.2, -0.15) is 0 Å². The number of benzene rings is 1. The van der Waals surface area contributed by atoms with Crippen molar-refractivity contribution in [2.75, 3.05) is 25.1 Å². The molecule has 1 aromatic carbocycles. The van der Waals surface area contributed by atoms with E-state index in [1.807, 2.05) is 12.1 Å². The van der Waals surface area contributed by atoms with Crippen LogP contribution < -0.4 is 15.0 Å². The molecule has 0 amide bonds. The molecular weight excluding hydrogens is 258 g/mol. The minimum atomic E-state index is 0.485. The van der Waals surface area contributed by atoms with Gasteiger partial charge < -0.3 is 15.0 Å². The van der Waals surface area contributed by atoms with Crippen molar-refractivity contribution in [1.29, 1.82) is 0 Å². The average Bonchev–Trinajstić information content (AvgIpc) is 2.83. The fraction of sp³-hybridized carbons (Fsp3) is 0.500. The number of hydrogen-bond acceptors (Lipinski definition) is 5. The summed E-state index contributed by atoms with van der Waals surface area (Å²) in [5, 5.41) is 4.61. The predicted octanol–water partition coefficient (Wildman–Crippen LogP) is 2.49. The Labute approximate surface area is 117 Å². The second kappa shape index (κ2) is 4.98. The monoisotopic (exact) mass is 277 g/mol. The molecule has 0 spiro atoms. The Kier molecular flexibility index (Phi) is 3.33. The number of aromatic nitrogens is 1. The molecular formula is C14H19N3OS. The fourth-order valence-corrected chi connectivity index (χ4v) is 3.54. The fourth-order valence-electron chi connectivity index (χ4n) is 2.43. The van der Waals surface area contributed by atoms with E-state index in [2.05, 4.69) is 30.1 Å². The van der Waals surface area contributed by atoms with Crippen LogP contribution in [-0.2, 0) is 0 Å². The smallest absolute Gasteiger partial charge is 0.186 e. The minimum absolute atomic E-state index is 0.485. The van der Waals surface area contributed by atoms with Gasteiger partial charge in [-0.1, -0.05) is 11.3 Å². The Morgan fingerprint density at radius 3 is 3.05 bits per heavy atom. The first kappa shape index (κ1) is 12.7. The zero-order valence-corrected chi connectivity index (χ0v) is 12.3. The van der Waals surface area contributed by atoms with Crippen molar-refractivity contribution in [3.8, 4) is 5.75 Å². The maximum Gasteiger partial charge on any atom is 0.186 e. The second-order valence-electron chi connectivity index (χ2n) is 5.14. The first-order valence-electron chi connectivity index (χ1n) is 6.62. The van der Waals surface area contributed by atoms with Crippen LogP contribution in [0, 0.1) is 0 Å². The first-order valence-corrected chi connectivity index (χ1v) is 7.43. The molecule has 0 aliphatic carbocycles. The second-order valence-corrected chi connectivity index (χ2v) is 6.15. The summed E-state index contributed by atoms with van der Waals surface area (Å²) in [5.74, 6) is 0.893. The minimum Gasteiger partial charge on any atom is -0.497 e. The summed E-state index contributed by atoms with van der Waals surface area (Å²) >= 11 is 1.75. The third kappa shape index (κ3) is 2.40. The normalized spacial score (nSPS) is 23.8. The van der Waals surface area contributed by atoms with Gasteiger partial charge in [-0.05, 0) is 32.0 Å². The van der Waals surface area contributed by atoms with Crippen molar-refractivity contribution in [2.45, 2.75) is 25.9 Å². The number of piperazine rings is 1. The van der Waals surface area contributed by atoms with E-state index in [1.165, 1.54) is 4.70 Å². The summed E-state index contributed by atoms with van der Waals surface area (Å²) in [5.41, 5.74) is 1.05. The highest BCUT2D eigenvalue weighted by Crippen LogP contribution is 2.32. The number of hydrogen-bond donors (Lipinski definition) is 1. The van der Waals surface area contributed by atoms with Crippen LogP contribution in [0.25, 0.3) is 10.2 Å². The topological polar surface area (TPSA) is 37.4 Å². The molecule has 0 bridgehead atoms. The van der Waals surface area contributed by atoms with E-state index in [0.717, 1.165) is 29.5 Å². The molecule has 1 fully saturated rings. The number of ether oxygens (including phenoxy) is 1. The summed E-state index contributed by atoms with van der Waals surface area (Å²) < 4.78 is 6.46. The van der Waals surface area contributed by atoms with Gasteiger partial charge in [0.2, 0.25) is 0 Å². The summed E-state index contributed by atoms with van der Waals surface area (Å²) in [6.07, 6.45) is 0. The zero-order valence-electron chi connectivity index (χ0n) is 11.5. The average molecular weight is 277 g/mol. The lowest BCUT2D eigenvalue weighted by Crippen LogP contribution is -2.54. The van der Waals surface area contributed by atoms with Crippen molar-refractivity contribution in [3.63, 3.8) is 0 Å². The van der Waals surface area contributed by atoms with Crippen molar-refractivity contribution >= 4 is 26.7 Å². The number of rotatable bonds is 2. The number of nitrogens with one attached hydrogen (secondary N) is 1. The van der Waals surface area contributed by atoms with Gasteiger partial charge in [0, 0.05) is 25.2 Å². The first-order chi connectivity index (χ1) is 9.17. The van der Waals surface area contributed by atoms with Crippen LogP contribution in [0.4, 0.5) is 5.13 Å². The number of methoxy groups -OCH3 is 1. The maximum atomic E-state index is 5.27. The molecule has 0 radical (unpaired) electrons. The van der Waals surface area contributed by atoms with Crippen molar-refractivity contribution in [1.82, 2.24) is 10.3 Å². The predicted molar refractivity (Wildman–Crippen MR) is 80.4 cm³/mol. The van der Waals surface area contributed by atoms with Crippen LogP contribution in [0.3, 0.4) is 0 Å². The molecule has 1 N–H and O–H groups in total. The van der Waals surface area contributed by atoms with Crippen LogP contribution in [0.2, 0.25) is 0 Å². The Balaban J connectivity index is 1.95. The maximum absolute atomic E-state index is 5.27. The molecule has 102 valence electrons. The molecule has 2 heterocycles. The van der Waals surface area contributed by atoms with Gasteiger partial charge in [0.1, 0.15) is 5.75 Å². The lowest BCUT2D eigenvalue weighted by atomic mass is 10.1. The van der Waals surface area contributed by atoms with Crippen LogP contribution in [0.5, 0.6) is 5.75 Å². The molecule has 1 aromatic heterocycles. The summed E-state index contributed by atoms with van der Waals surface area (Å²) in [6.45, 7) is 6.49. The molecule has 1 aliphatic rings. The van der Waals surface area contributed by atoms with Gasteiger partial charge in [0.25, 0.3) is 0 Å². The highest BCUT2D eigenvalue weighted by atomic mass is 32.1. The number of nitrogens with zero attached hydrogens (tertiary/aromatic N) is 2. The van der Waals surface area contributed by atoms with Crippen molar-refractivity contribution in [2.24, 2.45) is 0 Å². The van der Waals surface area contributed by atoms with E-state index >= 15 is 0 Å². The van der Waals surface area contributed by atoms with E-state index in [4.69, 9.17) is 9.72 Å². The third-order valence-corrected chi connectivity index (χ3v) is 4.65. The van der Waals surface area contributed by atoms with E-state index in [1.54, 1.807) is 18.4 Å². The quantitative estimate of drug-likeness (QED) is 0.915. The Morgan fingerprint density at radius 1 is 1.42 bits per heavy atom. The molecule has 2 aromatic rings. The van der Waals surface area contributed by atoms with Gasteiger partial charge in [-0.3, -0.25) is 0 Å². The van der Waals surface area contributed by atoms with Crippen LogP contribution >= 0.6 is 11.3 Å². The van der Waals surface area contributed by atoms with E-state index < -0.39 is 0 Å². The van der Waals surface area contributed by atoms with Crippen LogP contribution in [0.15, 0.2) is 18.2 Å². The molecule has 19 heavy (non-hydrogen) atoms. The van der Waals surface area contributed by atoms with Crippen LogP contribution in [-0.4, -0.2) is 37.3 Å². The lowest BCUT2D eigenvalue weighted by Gasteiger charge is -2.37. The Morgan fingerprint density at radius 2 is 2.26 bits per heavy atom. The van der Waals surface area contributed by atoms with Gasteiger partial charge in [0.15, 0.2) is 5.13 Å². The van der Waals surface area contributed by atoms with Gasteiger partial charge in [-0.15, -0.1) is 0 Å². The van der Waals surface area contributed by atoms with E-state index in [0.29, 0.717) is 12.1 Å². The largest absolute Gasteiger partial charge is 0.497 e. The molecule has 3 rings (SSSR count). The highest BCUT2D eigenvalue weighted by molar-refractivity contribution is 7.22. The summed E-state index contributed by atoms with van der Waals surface area (Å²) in [7, 11) is 1.70. The van der Waals surface area contributed by atoms with Crippen LogP contribution in [0.1, 0.15) is 13.8 Å².